The van der Waals surface area contributed by atoms with E-state index < -0.39 is 17.0 Å². The Labute approximate surface area is 147 Å². The third-order valence-corrected chi connectivity index (χ3v) is 2.76. The van der Waals surface area contributed by atoms with Gasteiger partial charge in [0.1, 0.15) is 0 Å². The monoisotopic (exact) mass is 272 g/mol. The van der Waals surface area contributed by atoms with Crippen LogP contribution in [0.1, 0.15) is 35.7 Å². The number of carbonyl (C=O) groups excluding carboxylic acids is 1. The molecule has 17 heavy (non-hydrogen) atoms. The van der Waals surface area contributed by atoms with Gasteiger partial charge in [-0.25, -0.2) is 0 Å². The fraction of sp³-hybridized carbons (Fsp3) is 0.300. The summed E-state index contributed by atoms with van der Waals surface area (Å²) in [6.45, 7) is 3.68. The van der Waals surface area contributed by atoms with Gasteiger partial charge in [0.2, 0.25) is 0 Å². The largest absolute Gasteiger partial charge is 1.00 e. The molecule has 0 N–H and O–H groups in total. The zero-order valence-corrected chi connectivity index (χ0v) is 15.2. The van der Waals surface area contributed by atoms with E-state index in [-0.39, 0.29) is 75.5 Å². The van der Waals surface area contributed by atoms with Gasteiger partial charge in [-0.2, -0.15) is 0 Å². The zero-order chi connectivity index (χ0) is 11.6. The van der Waals surface area contributed by atoms with Crippen molar-refractivity contribution in [1.82, 2.24) is 0 Å². The molecule has 1 unspecified atom stereocenters. The van der Waals surface area contributed by atoms with Gasteiger partial charge in [-0.1, -0.05) is 26.0 Å². The smallest absolute Gasteiger partial charge is 0.768 e. The molecule has 0 saturated carbocycles. The number of hydrogen-bond acceptors (Lipinski definition) is 4. The first kappa shape index (κ1) is 20.1. The van der Waals surface area contributed by atoms with Crippen molar-refractivity contribution in [3.05, 3.63) is 29.3 Å². The molecule has 0 aromatic heterocycles. The summed E-state index contributed by atoms with van der Waals surface area (Å²) in [5.74, 6) is -1.36. The fourth-order valence-electron chi connectivity index (χ4n) is 1.28. The fourth-order valence-corrected chi connectivity index (χ4v) is 2.00. The maximum atomic E-state index is 10.9. The Morgan fingerprint density at radius 3 is 2.18 bits per heavy atom. The van der Waals surface area contributed by atoms with Gasteiger partial charge in [0, 0.05) is 4.90 Å². The van der Waals surface area contributed by atoms with Gasteiger partial charge in [0.15, 0.2) is 0 Å². The minimum Gasteiger partial charge on any atom is -0.768 e. The Kier molecular flexibility index (Phi) is 10.4. The van der Waals surface area contributed by atoms with E-state index in [9.17, 15) is 18.7 Å². The van der Waals surface area contributed by atoms with E-state index in [1.165, 1.54) is 12.1 Å². The van der Waals surface area contributed by atoms with Crippen molar-refractivity contribution in [1.29, 1.82) is 0 Å². The molecule has 1 aromatic rings. The normalized spacial score (nSPS) is 11.3. The molecule has 0 aliphatic rings. The Bertz CT molecular complexity index is 421. The molecule has 7 heteroatoms. The minimum absolute atomic E-state index is 0. The molecular weight excluding hydrogens is 262 g/mol. The van der Waals surface area contributed by atoms with Crippen molar-refractivity contribution in [2.24, 2.45) is 0 Å². The molecule has 0 saturated heterocycles. The van der Waals surface area contributed by atoms with Crippen LogP contribution in [0.25, 0.3) is 0 Å². The van der Waals surface area contributed by atoms with Crippen molar-refractivity contribution < 1.29 is 77.8 Å². The number of carboxylic acids is 1. The molecule has 0 amide bonds. The summed E-state index contributed by atoms with van der Waals surface area (Å²) in [6.07, 6.45) is 0. The number of hydrogen-bond donors (Lipinski definition) is 0. The van der Waals surface area contributed by atoms with Crippen molar-refractivity contribution in [3.63, 3.8) is 0 Å². The number of rotatable bonds is 3. The van der Waals surface area contributed by atoms with Crippen molar-refractivity contribution in [2.75, 3.05) is 0 Å². The molecule has 1 rings (SSSR count). The van der Waals surface area contributed by atoms with Crippen LogP contribution in [0.2, 0.25) is 0 Å². The van der Waals surface area contributed by atoms with E-state index in [4.69, 9.17) is 0 Å². The van der Waals surface area contributed by atoms with Crippen LogP contribution in [0.3, 0.4) is 0 Å². The molecule has 1 aromatic carbocycles. The standard InChI is InChI=1S/C10H12O4S.2Na/c1-6(2)8-4-3-7(10(11)12)5-9(8)15(13)14;;/h3-6H,1-2H3,(H,11,12)(H,13,14);;/q;2*+1/p-2. The second-order valence-corrected chi connectivity index (χ2v) is 4.34. The van der Waals surface area contributed by atoms with Crippen LogP contribution in [0.5, 0.6) is 0 Å². The number of benzene rings is 1. The molecule has 0 heterocycles. The zero-order valence-electron chi connectivity index (χ0n) is 10.4. The second-order valence-electron chi connectivity index (χ2n) is 3.43. The first-order valence-corrected chi connectivity index (χ1v) is 5.45. The van der Waals surface area contributed by atoms with E-state index >= 15 is 0 Å². The van der Waals surface area contributed by atoms with Crippen LogP contribution in [0.4, 0.5) is 0 Å². The average Bonchev–Trinajstić information content (AvgIpc) is 2.16. The van der Waals surface area contributed by atoms with Crippen LogP contribution >= 0.6 is 0 Å². The summed E-state index contributed by atoms with van der Waals surface area (Å²) >= 11 is -2.43. The first-order valence-electron chi connectivity index (χ1n) is 4.38. The topological polar surface area (TPSA) is 80.3 Å². The van der Waals surface area contributed by atoms with Gasteiger partial charge in [0.25, 0.3) is 0 Å². The Balaban J connectivity index is 0. The van der Waals surface area contributed by atoms with Crippen LogP contribution in [0, 0.1) is 0 Å². The molecule has 1 atom stereocenters. The number of aromatic carboxylic acids is 1. The minimum atomic E-state index is -2.43. The third kappa shape index (κ3) is 5.53. The van der Waals surface area contributed by atoms with Gasteiger partial charge in [-0.05, 0) is 34.2 Å². The quantitative estimate of drug-likeness (QED) is 0.406. The van der Waals surface area contributed by atoms with Crippen molar-refractivity contribution in [3.8, 4) is 0 Å². The van der Waals surface area contributed by atoms with Crippen LogP contribution in [-0.2, 0) is 11.1 Å². The molecular formula is C10H10Na2O4S. The van der Waals surface area contributed by atoms with Gasteiger partial charge >= 0.3 is 59.1 Å². The van der Waals surface area contributed by atoms with Crippen LogP contribution in [0.15, 0.2) is 23.1 Å². The Morgan fingerprint density at radius 2 is 1.82 bits per heavy atom. The predicted molar refractivity (Wildman–Crippen MR) is 52.0 cm³/mol. The SMILES string of the molecule is CC(C)c1ccc(C(=O)[O-])cc1S(=O)[O-].[Na+].[Na+]. The van der Waals surface area contributed by atoms with Crippen molar-refractivity contribution >= 4 is 17.0 Å². The summed E-state index contributed by atoms with van der Waals surface area (Å²) in [5.41, 5.74) is 0.479. The maximum Gasteiger partial charge on any atom is 1.00 e. The molecule has 0 radical (unpaired) electrons. The maximum absolute atomic E-state index is 10.9. The van der Waals surface area contributed by atoms with E-state index in [0.29, 0.717) is 5.56 Å². The summed E-state index contributed by atoms with van der Waals surface area (Å²) in [4.78, 5) is 10.6. The molecule has 0 aliphatic heterocycles. The molecule has 82 valence electrons. The van der Waals surface area contributed by atoms with E-state index in [1.807, 2.05) is 13.8 Å². The van der Waals surface area contributed by atoms with Gasteiger partial charge in [-0.3, -0.25) is 4.21 Å². The average molecular weight is 272 g/mol. The summed E-state index contributed by atoms with van der Waals surface area (Å²) in [7, 11) is 0. The van der Waals surface area contributed by atoms with Crippen molar-refractivity contribution in [2.45, 2.75) is 24.7 Å². The number of carboxylic acid groups (broad SMARTS) is 1. The molecule has 0 fully saturated rings. The number of carbonyl (C=O) groups is 1. The van der Waals surface area contributed by atoms with Crippen LogP contribution < -0.4 is 64.2 Å². The molecule has 0 aliphatic carbocycles. The molecule has 0 bridgehead atoms. The Morgan fingerprint density at radius 1 is 1.29 bits per heavy atom. The first-order chi connectivity index (χ1) is 6.93. The van der Waals surface area contributed by atoms with Crippen LogP contribution in [-0.4, -0.2) is 14.7 Å². The van der Waals surface area contributed by atoms with E-state index in [0.717, 1.165) is 6.07 Å². The van der Waals surface area contributed by atoms with E-state index in [2.05, 4.69) is 0 Å². The summed E-state index contributed by atoms with van der Waals surface area (Å²) < 4.78 is 21.8. The van der Waals surface area contributed by atoms with Gasteiger partial charge < -0.3 is 14.5 Å². The molecule has 0 spiro atoms. The summed E-state index contributed by atoms with van der Waals surface area (Å²) in [6, 6.07) is 3.97. The Hall–Kier alpha value is 0.800. The van der Waals surface area contributed by atoms with Gasteiger partial charge in [0.05, 0.1) is 5.97 Å². The predicted octanol–water partition coefficient (Wildman–Crippen LogP) is -5.58. The third-order valence-electron chi connectivity index (χ3n) is 2.05. The second kappa shape index (κ2) is 8.82. The molecule has 4 nitrogen and oxygen atoms in total. The van der Waals surface area contributed by atoms with E-state index in [1.54, 1.807) is 0 Å². The summed E-state index contributed by atoms with van der Waals surface area (Å²) in [5, 5.41) is 10.5. The van der Waals surface area contributed by atoms with Gasteiger partial charge in [-0.15, -0.1) is 0 Å².